The summed E-state index contributed by atoms with van der Waals surface area (Å²) in [6.45, 7) is 2.19. The number of benzene rings is 1. The van der Waals surface area contributed by atoms with Crippen molar-refractivity contribution < 1.29 is 17.9 Å². The SMILES string of the molecule is FC(F)(F)CN1CCN(Cc2cc(Cl)cnc2Oc2ccc3c(nnn3CC3CC3)c2Br)CC1. The summed E-state index contributed by atoms with van der Waals surface area (Å²) in [5, 5.41) is 9.07. The van der Waals surface area contributed by atoms with Gasteiger partial charge in [0.05, 0.1) is 21.6 Å². The van der Waals surface area contributed by atoms with Gasteiger partial charge in [-0.25, -0.2) is 9.67 Å². The first-order chi connectivity index (χ1) is 16.2. The fourth-order valence-electron chi connectivity index (χ4n) is 4.12. The Kier molecular flexibility index (Phi) is 6.71. The van der Waals surface area contributed by atoms with Gasteiger partial charge in [-0.15, -0.1) is 5.10 Å². The highest BCUT2D eigenvalue weighted by Crippen LogP contribution is 2.37. The number of alkyl halides is 3. The molecule has 0 radical (unpaired) electrons. The quantitative estimate of drug-likeness (QED) is 0.400. The summed E-state index contributed by atoms with van der Waals surface area (Å²) in [7, 11) is 0. The van der Waals surface area contributed by atoms with Crippen LogP contribution in [0.2, 0.25) is 5.02 Å². The first-order valence-electron chi connectivity index (χ1n) is 11.1. The molecule has 7 nitrogen and oxygen atoms in total. The predicted octanol–water partition coefficient (Wildman–Crippen LogP) is 5.12. The van der Waals surface area contributed by atoms with Gasteiger partial charge in [-0.2, -0.15) is 13.2 Å². The van der Waals surface area contributed by atoms with E-state index < -0.39 is 12.7 Å². The third-order valence-electron chi connectivity index (χ3n) is 6.08. The fourth-order valence-corrected chi connectivity index (χ4v) is 4.80. The van der Waals surface area contributed by atoms with Crippen LogP contribution in [0.25, 0.3) is 11.0 Å². The van der Waals surface area contributed by atoms with Crippen LogP contribution in [-0.4, -0.2) is 68.7 Å². The lowest BCUT2D eigenvalue weighted by molar-refractivity contribution is -0.149. The second kappa shape index (κ2) is 9.60. The Morgan fingerprint density at radius 3 is 2.56 bits per heavy atom. The summed E-state index contributed by atoms with van der Waals surface area (Å²) in [5.41, 5.74) is 2.42. The third-order valence-corrected chi connectivity index (χ3v) is 7.05. The number of hydrogen-bond acceptors (Lipinski definition) is 6. The maximum Gasteiger partial charge on any atom is 0.401 e. The summed E-state index contributed by atoms with van der Waals surface area (Å²) in [6, 6.07) is 5.58. The highest BCUT2D eigenvalue weighted by Gasteiger charge is 2.32. The van der Waals surface area contributed by atoms with Crippen molar-refractivity contribution in [3.05, 3.63) is 39.5 Å². The van der Waals surface area contributed by atoms with Crippen molar-refractivity contribution >= 4 is 38.6 Å². The Balaban J connectivity index is 1.30. The maximum absolute atomic E-state index is 12.7. The zero-order chi connectivity index (χ0) is 23.9. The van der Waals surface area contributed by atoms with E-state index in [-0.39, 0.29) is 0 Å². The van der Waals surface area contributed by atoms with Crippen molar-refractivity contribution in [1.82, 2.24) is 29.8 Å². The largest absolute Gasteiger partial charge is 0.437 e. The lowest BCUT2D eigenvalue weighted by atomic mass is 10.2. The van der Waals surface area contributed by atoms with Crippen LogP contribution in [-0.2, 0) is 13.1 Å². The number of aromatic nitrogens is 4. The fraction of sp³-hybridized carbons (Fsp3) is 0.500. The van der Waals surface area contributed by atoms with E-state index >= 15 is 0 Å². The summed E-state index contributed by atoms with van der Waals surface area (Å²) < 4.78 is 46.8. The van der Waals surface area contributed by atoms with Gasteiger partial charge in [0.1, 0.15) is 11.3 Å². The maximum atomic E-state index is 12.7. The van der Waals surface area contributed by atoms with Crippen LogP contribution < -0.4 is 4.74 Å². The Bertz CT molecular complexity index is 1180. The molecule has 12 heteroatoms. The van der Waals surface area contributed by atoms with Crippen molar-refractivity contribution in [1.29, 1.82) is 0 Å². The van der Waals surface area contributed by atoms with E-state index in [1.54, 1.807) is 6.07 Å². The summed E-state index contributed by atoms with van der Waals surface area (Å²) in [6.07, 6.45) is -0.212. The van der Waals surface area contributed by atoms with E-state index in [1.807, 2.05) is 16.8 Å². The molecule has 2 aromatic heterocycles. The predicted molar refractivity (Wildman–Crippen MR) is 125 cm³/mol. The van der Waals surface area contributed by atoms with E-state index in [1.165, 1.54) is 23.9 Å². The number of piperazine rings is 1. The summed E-state index contributed by atoms with van der Waals surface area (Å²) in [5.74, 6) is 1.63. The minimum Gasteiger partial charge on any atom is -0.437 e. The Labute approximate surface area is 207 Å². The first-order valence-corrected chi connectivity index (χ1v) is 12.3. The summed E-state index contributed by atoms with van der Waals surface area (Å²) >= 11 is 9.79. The van der Waals surface area contributed by atoms with Crippen LogP contribution in [0.4, 0.5) is 13.2 Å². The van der Waals surface area contributed by atoms with Gasteiger partial charge in [-0.05, 0) is 52.9 Å². The van der Waals surface area contributed by atoms with Crippen LogP contribution in [0, 0.1) is 5.92 Å². The number of rotatable bonds is 7. The molecule has 1 aliphatic carbocycles. The van der Waals surface area contributed by atoms with Crippen molar-refractivity contribution in [3.8, 4) is 11.6 Å². The lowest BCUT2D eigenvalue weighted by Gasteiger charge is -2.35. The minimum absolute atomic E-state index is 0.350. The summed E-state index contributed by atoms with van der Waals surface area (Å²) in [4.78, 5) is 7.88. The molecule has 1 aliphatic heterocycles. The number of ether oxygens (including phenoxy) is 1. The van der Waals surface area contributed by atoms with Crippen LogP contribution in [0.5, 0.6) is 11.6 Å². The van der Waals surface area contributed by atoms with Crippen molar-refractivity contribution in [2.75, 3.05) is 32.7 Å². The third kappa shape index (κ3) is 5.64. The van der Waals surface area contributed by atoms with Gasteiger partial charge in [0.25, 0.3) is 0 Å². The van der Waals surface area contributed by atoms with E-state index in [4.69, 9.17) is 16.3 Å². The van der Waals surface area contributed by atoms with Crippen LogP contribution in [0.1, 0.15) is 18.4 Å². The van der Waals surface area contributed by atoms with E-state index in [9.17, 15) is 13.2 Å². The molecule has 34 heavy (non-hydrogen) atoms. The Morgan fingerprint density at radius 1 is 1.12 bits per heavy atom. The molecule has 0 bridgehead atoms. The Morgan fingerprint density at radius 2 is 1.85 bits per heavy atom. The lowest BCUT2D eigenvalue weighted by Crippen LogP contribution is -2.48. The average Bonchev–Trinajstić information content (AvgIpc) is 3.50. The molecule has 3 heterocycles. The highest BCUT2D eigenvalue weighted by molar-refractivity contribution is 9.10. The van der Waals surface area contributed by atoms with Gasteiger partial charge >= 0.3 is 6.18 Å². The van der Waals surface area contributed by atoms with Gasteiger partial charge in [0.2, 0.25) is 5.88 Å². The van der Waals surface area contributed by atoms with E-state index in [0.717, 1.165) is 23.1 Å². The monoisotopic (exact) mass is 558 g/mol. The molecule has 182 valence electrons. The van der Waals surface area contributed by atoms with Gasteiger partial charge in [0, 0.05) is 51.0 Å². The van der Waals surface area contributed by atoms with Crippen molar-refractivity contribution in [3.63, 3.8) is 0 Å². The number of halogens is 5. The molecule has 1 saturated heterocycles. The second-order valence-corrected chi connectivity index (χ2v) is 10.1. The van der Waals surface area contributed by atoms with Crippen LogP contribution in [0.3, 0.4) is 0 Å². The normalized spacial score (nSPS) is 18.0. The Hall–Kier alpha value is -1.95. The molecule has 2 aliphatic rings. The van der Waals surface area contributed by atoms with Gasteiger partial charge in [0.15, 0.2) is 0 Å². The van der Waals surface area contributed by atoms with Gasteiger partial charge in [-0.3, -0.25) is 9.80 Å². The van der Waals surface area contributed by atoms with Gasteiger partial charge in [-0.1, -0.05) is 16.8 Å². The van der Waals surface area contributed by atoms with Crippen molar-refractivity contribution in [2.24, 2.45) is 5.92 Å². The smallest absolute Gasteiger partial charge is 0.401 e. The molecule has 0 atom stereocenters. The number of hydrogen-bond donors (Lipinski definition) is 0. The molecule has 0 amide bonds. The highest BCUT2D eigenvalue weighted by atomic mass is 79.9. The first kappa shape index (κ1) is 23.8. The number of nitrogens with zero attached hydrogens (tertiary/aromatic N) is 6. The van der Waals surface area contributed by atoms with E-state index in [2.05, 4.69) is 36.1 Å². The molecule has 1 aromatic carbocycles. The molecule has 2 fully saturated rings. The molecule has 0 unspecified atom stereocenters. The molecule has 1 saturated carbocycles. The topological polar surface area (TPSA) is 59.3 Å². The molecular weight excluding hydrogens is 537 g/mol. The molecule has 0 spiro atoms. The minimum atomic E-state index is -4.18. The number of pyridine rings is 1. The average molecular weight is 560 g/mol. The number of fused-ring (bicyclic) bond motifs is 1. The zero-order valence-corrected chi connectivity index (χ0v) is 20.6. The van der Waals surface area contributed by atoms with E-state index in [0.29, 0.717) is 59.8 Å². The van der Waals surface area contributed by atoms with Crippen LogP contribution in [0.15, 0.2) is 28.9 Å². The van der Waals surface area contributed by atoms with Crippen LogP contribution >= 0.6 is 27.5 Å². The molecular formula is C22H23BrClF3N6O. The molecule has 0 N–H and O–H groups in total. The second-order valence-electron chi connectivity index (χ2n) is 8.85. The van der Waals surface area contributed by atoms with Crippen molar-refractivity contribution in [2.45, 2.75) is 32.1 Å². The van der Waals surface area contributed by atoms with Gasteiger partial charge < -0.3 is 4.74 Å². The molecule has 5 rings (SSSR count). The standard InChI is InChI=1S/C22H23BrClF3N6O/c23-19-18(4-3-17-20(19)29-30-33(17)11-14-1-2-14)34-21-15(9-16(24)10-28-21)12-31-5-7-32(8-6-31)13-22(25,26)27/h3-4,9-10,14H,1-2,5-8,11-13H2. The molecule has 3 aromatic rings. The zero-order valence-electron chi connectivity index (χ0n) is 18.2.